The molecule has 0 aromatic carbocycles. The second-order valence-electron chi connectivity index (χ2n) is 1.47. The first-order chi connectivity index (χ1) is 3.79. The normalized spacial score (nSPS) is 15.6. The maximum absolute atomic E-state index is 10.3. The molecular weight excluding hydrogens is 155 g/mol. The van der Waals surface area contributed by atoms with Crippen LogP contribution in [-0.2, 0) is 28.1 Å². The van der Waals surface area contributed by atoms with Crippen molar-refractivity contribution >= 4 is 11.6 Å². The van der Waals surface area contributed by atoms with Gasteiger partial charge >= 0.3 is 0 Å². The predicted molar refractivity (Wildman–Crippen MR) is 28.3 cm³/mol. The van der Waals surface area contributed by atoms with Gasteiger partial charge < -0.3 is 0 Å². The molecule has 0 heterocycles. The minimum atomic E-state index is -0.121. The number of allylic oxidation sites excluding steroid dienone is 4. The van der Waals surface area contributed by atoms with Crippen molar-refractivity contribution < 1.29 is 28.1 Å². The van der Waals surface area contributed by atoms with E-state index < -0.39 is 0 Å². The van der Waals surface area contributed by atoms with Gasteiger partial charge in [-0.3, -0.25) is 9.59 Å². The van der Waals surface area contributed by atoms with E-state index in [9.17, 15) is 9.59 Å². The molecular formula is C6H4O2V. The summed E-state index contributed by atoms with van der Waals surface area (Å²) in [6.45, 7) is 0. The quantitative estimate of drug-likeness (QED) is 0.474. The van der Waals surface area contributed by atoms with Crippen LogP contribution in [0, 0.1) is 0 Å². The van der Waals surface area contributed by atoms with Crippen LogP contribution in [0.5, 0.6) is 0 Å². The molecule has 0 N–H and O–H groups in total. The number of carbonyl (C=O) groups excluding carboxylic acids is 2. The van der Waals surface area contributed by atoms with Gasteiger partial charge in [0.25, 0.3) is 0 Å². The fourth-order valence-corrected chi connectivity index (χ4v) is 0.440. The molecule has 2 nitrogen and oxygen atoms in total. The SMILES string of the molecule is O=C1C=CC(=O)C=C1.[V]. The molecule has 1 rings (SSSR count). The van der Waals surface area contributed by atoms with E-state index in [0.29, 0.717) is 0 Å². The Morgan fingerprint density at radius 1 is 0.778 bits per heavy atom. The van der Waals surface area contributed by atoms with E-state index >= 15 is 0 Å². The van der Waals surface area contributed by atoms with Gasteiger partial charge in [0.2, 0.25) is 0 Å². The third-order valence-electron chi connectivity index (χ3n) is 0.824. The van der Waals surface area contributed by atoms with Crippen LogP contribution >= 0.6 is 0 Å². The van der Waals surface area contributed by atoms with Gasteiger partial charge in [-0.05, 0) is 24.3 Å². The Hall–Kier alpha value is -0.596. The van der Waals surface area contributed by atoms with Crippen LogP contribution in [0.25, 0.3) is 0 Å². The topological polar surface area (TPSA) is 34.1 Å². The monoisotopic (exact) mass is 159 g/mol. The van der Waals surface area contributed by atoms with Crippen molar-refractivity contribution in [3.8, 4) is 0 Å². The van der Waals surface area contributed by atoms with Crippen LogP contribution < -0.4 is 0 Å². The second kappa shape index (κ2) is 3.43. The summed E-state index contributed by atoms with van der Waals surface area (Å²) in [4.78, 5) is 20.6. The maximum Gasteiger partial charge on any atom is 0.178 e. The zero-order chi connectivity index (χ0) is 5.98. The molecule has 0 atom stereocenters. The molecule has 1 aliphatic rings. The molecule has 0 saturated heterocycles. The summed E-state index contributed by atoms with van der Waals surface area (Å²) >= 11 is 0. The van der Waals surface area contributed by atoms with Crippen molar-refractivity contribution in [1.29, 1.82) is 0 Å². The Morgan fingerprint density at radius 2 is 1.00 bits per heavy atom. The molecule has 0 fully saturated rings. The summed E-state index contributed by atoms with van der Waals surface area (Å²) in [7, 11) is 0. The van der Waals surface area contributed by atoms with Crippen molar-refractivity contribution in [2.24, 2.45) is 0 Å². The Labute approximate surface area is 64.5 Å². The first-order valence-corrected chi connectivity index (χ1v) is 2.23. The Morgan fingerprint density at radius 3 is 1.22 bits per heavy atom. The smallest absolute Gasteiger partial charge is 0.178 e. The standard InChI is InChI=1S/C6H4O2.V/c7-5-1-2-6(8)4-3-5;/h1-4H;. The minimum absolute atomic E-state index is 0. The Kier molecular flexibility index (Phi) is 3.21. The van der Waals surface area contributed by atoms with Gasteiger partial charge in [0, 0.05) is 18.6 Å². The third-order valence-corrected chi connectivity index (χ3v) is 0.824. The van der Waals surface area contributed by atoms with Crippen LogP contribution in [0.1, 0.15) is 0 Å². The average molecular weight is 159 g/mol. The molecule has 45 valence electrons. The van der Waals surface area contributed by atoms with Crippen LogP contribution in [0.2, 0.25) is 0 Å². The van der Waals surface area contributed by atoms with Gasteiger partial charge in [-0.25, -0.2) is 0 Å². The van der Waals surface area contributed by atoms with E-state index in [1.54, 1.807) is 0 Å². The molecule has 0 aliphatic heterocycles. The summed E-state index contributed by atoms with van der Waals surface area (Å²) < 4.78 is 0. The molecule has 0 saturated carbocycles. The molecule has 1 aliphatic carbocycles. The van der Waals surface area contributed by atoms with Gasteiger partial charge in [-0.15, -0.1) is 0 Å². The van der Waals surface area contributed by atoms with E-state index in [-0.39, 0.29) is 30.1 Å². The molecule has 9 heavy (non-hydrogen) atoms. The zero-order valence-corrected chi connectivity index (χ0v) is 5.97. The van der Waals surface area contributed by atoms with E-state index in [4.69, 9.17) is 0 Å². The van der Waals surface area contributed by atoms with Gasteiger partial charge in [0.05, 0.1) is 0 Å². The molecule has 0 aromatic heterocycles. The maximum atomic E-state index is 10.3. The minimum Gasteiger partial charge on any atom is -0.290 e. The van der Waals surface area contributed by atoms with Crippen LogP contribution in [0.3, 0.4) is 0 Å². The number of hydrogen-bond acceptors (Lipinski definition) is 2. The van der Waals surface area contributed by atoms with Crippen LogP contribution in [0.4, 0.5) is 0 Å². The van der Waals surface area contributed by atoms with Crippen molar-refractivity contribution in [3.63, 3.8) is 0 Å². The summed E-state index contributed by atoms with van der Waals surface area (Å²) in [5.41, 5.74) is 0. The van der Waals surface area contributed by atoms with Crippen molar-refractivity contribution in [2.75, 3.05) is 0 Å². The molecule has 0 spiro atoms. The molecule has 3 heteroatoms. The summed E-state index contributed by atoms with van der Waals surface area (Å²) in [5, 5.41) is 0. The van der Waals surface area contributed by atoms with Gasteiger partial charge in [0.1, 0.15) is 0 Å². The van der Waals surface area contributed by atoms with Gasteiger partial charge in [-0.1, -0.05) is 0 Å². The summed E-state index contributed by atoms with van der Waals surface area (Å²) in [6.07, 6.45) is 5.01. The Balaban J connectivity index is 0.000000640. The number of hydrogen-bond donors (Lipinski definition) is 0. The van der Waals surface area contributed by atoms with Gasteiger partial charge in [0.15, 0.2) is 11.6 Å². The van der Waals surface area contributed by atoms with Crippen molar-refractivity contribution in [2.45, 2.75) is 0 Å². The number of ketones is 2. The molecule has 0 aromatic rings. The molecule has 1 radical (unpaired) electrons. The Bertz CT molecular complexity index is 153. The fraction of sp³-hybridized carbons (Fsp3) is 0. The second-order valence-corrected chi connectivity index (χ2v) is 1.47. The van der Waals surface area contributed by atoms with E-state index in [0.717, 1.165) is 0 Å². The molecule has 0 bridgehead atoms. The van der Waals surface area contributed by atoms with Crippen molar-refractivity contribution in [1.82, 2.24) is 0 Å². The summed E-state index contributed by atoms with van der Waals surface area (Å²) in [6, 6.07) is 0. The van der Waals surface area contributed by atoms with Gasteiger partial charge in [-0.2, -0.15) is 0 Å². The largest absolute Gasteiger partial charge is 0.290 e. The van der Waals surface area contributed by atoms with Crippen LogP contribution in [0.15, 0.2) is 24.3 Å². The number of carbonyl (C=O) groups is 2. The zero-order valence-electron chi connectivity index (χ0n) is 4.57. The molecule has 0 amide bonds. The summed E-state index contributed by atoms with van der Waals surface area (Å²) in [5.74, 6) is -0.241. The average Bonchev–Trinajstić information content (AvgIpc) is 1.77. The van der Waals surface area contributed by atoms with Crippen LogP contribution in [-0.4, -0.2) is 11.6 Å². The van der Waals surface area contributed by atoms with Crippen molar-refractivity contribution in [3.05, 3.63) is 24.3 Å². The van der Waals surface area contributed by atoms with E-state index in [1.165, 1.54) is 24.3 Å². The first-order valence-electron chi connectivity index (χ1n) is 2.23. The van der Waals surface area contributed by atoms with E-state index in [1.807, 2.05) is 0 Å². The first kappa shape index (κ1) is 8.40. The number of rotatable bonds is 0. The predicted octanol–water partition coefficient (Wildman–Crippen LogP) is 0.248. The fourth-order valence-electron chi connectivity index (χ4n) is 0.440. The van der Waals surface area contributed by atoms with E-state index in [2.05, 4.69) is 0 Å². The third kappa shape index (κ3) is 2.45. The molecule has 0 unspecified atom stereocenters.